The number of rotatable bonds is 4. The Morgan fingerprint density at radius 2 is 1.80 bits per heavy atom. The van der Waals surface area contributed by atoms with Crippen molar-refractivity contribution in [3.8, 4) is 5.75 Å². The number of amides is 1. The van der Waals surface area contributed by atoms with Crippen LogP contribution >= 0.6 is 11.6 Å². The number of carbonyl (C=O) groups excluding carboxylic acids is 2. The number of ether oxygens (including phenoxy) is 2. The van der Waals surface area contributed by atoms with Crippen LogP contribution in [0.5, 0.6) is 5.75 Å². The van der Waals surface area contributed by atoms with Crippen molar-refractivity contribution in [2.45, 2.75) is 13.2 Å². The van der Waals surface area contributed by atoms with Crippen molar-refractivity contribution >= 4 is 29.4 Å². The summed E-state index contributed by atoms with van der Waals surface area (Å²) < 4.78 is 11.3. The summed E-state index contributed by atoms with van der Waals surface area (Å²) in [4.78, 5) is 28.3. The molecule has 7 nitrogen and oxygen atoms in total. The Morgan fingerprint density at radius 1 is 1.07 bits per heavy atom. The third-order valence-electron chi connectivity index (χ3n) is 4.33. The first-order valence-corrected chi connectivity index (χ1v) is 9.42. The molecular formula is C22H16ClN3O4. The van der Waals surface area contributed by atoms with Crippen LogP contribution in [0.1, 0.15) is 34.6 Å². The maximum atomic E-state index is 12.3. The molecule has 0 saturated heterocycles. The molecule has 0 bridgehead atoms. The van der Waals surface area contributed by atoms with Crippen molar-refractivity contribution in [3.63, 3.8) is 0 Å². The second kappa shape index (κ2) is 8.34. The normalized spacial score (nSPS) is 15.3. The number of hydrogen-bond donors (Lipinski definition) is 0. The number of carbonyl (C=O) groups is 2. The average molecular weight is 422 g/mol. The minimum Gasteiger partial charge on any atom is -0.446 e. The predicted octanol–water partition coefficient (Wildman–Crippen LogP) is 4.19. The molecule has 3 aromatic rings. The lowest BCUT2D eigenvalue weighted by Gasteiger charge is -2.19. The summed E-state index contributed by atoms with van der Waals surface area (Å²) in [6, 6.07) is 16.7. The third kappa shape index (κ3) is 4.16. The smallest absolute Gasteiger partial charge is 0.343 e. The number of pyridine rings is 1. The van der Waals surface area contributed by atoms with Gasteiger partial charge in [-0.2, -0.15) is 5.01 Å². The molecule has 1 aliphatic heterocycles. The molecule has 0 saturated carbocycles. The van der Waals surface area contributed by atoms with E-state index in [0.717, 1.165) is 0 Å². The Bertz CT molecular complexity index is 1120. The van der Waals surface area contributed by atoms with Crippen molar-refractivity contribution < 1.29 is 19.1 Å². The Morgan fingerprint density at radius 3 is 2.47 bits per heavy atom. The number of benzene rings is 2. The van der Waals surface area contributed by atoms with Crippen molar-refractivity contribution in [2.24, 2.45) is 5.10 Å². The average Bonchev–Trinajstić information content (AvgIpc) is 3.21. The van der Waals surface area contributed by atoms with Gasteiger partial charge in [0.2, 0.25) is 18.0 Å². The van der Waals surface area contributed by atoms with Crippen molar-refractivity contribution in [3.05, 3.63) is 94.8 Å². The standard InChI is InChI=1S/C22H16ClN3O4/c1-14(27)26-21(30-20(25-26)15-9-11-24-12-10-15)16-5-7-19(8-6-16)29-22(28)17-3-2-4-18(23)13-17/h2-13,21H,1H3/t21-/m0/s1. The van der Waals surface area contributed by atoms with E-state index in [1.165, 1.54) is 18.0 Å². The van der Waals surface area contributed by atoms with Gasteiger partial charge in [-0.3, -0.25) is 9.78 Å². The molecule has 0 N–H and O–H groups in total. The zero-order valence-corrected chi connectivity index (χ0v) is 16.6. The van der Waals surface area contributed by atoms with Gasteiger partial charge in [-0.1, -0.05) is 17.7 Å². The first kappa shape index (κ1) is 19.6. The molecule has 0 spiro atoms. The largest absolute Gasteiger partial charge is 0.446 e. The van der Waals surface area contributed by atoms with Gasteiger partial charge in [0.1, 0.15) is 5.75 Å². The van der Waals surface area contributed by atoms with E-state index >= 15 is 0 Å². The summed E-state index contributed by atoms with van der Waals surface area (Å²) in [6.45, 7) is 1.41. The van der Waals surface area contributed by atoms with E-state index in [1.54, 1.807) is 67.0 Å². The van der Waals surface area contributed by atoms with Gasteiger partial charge in [-0.25, -0.2) is 4.79 Å². The minimum atomic E-state index is -0.719. The molecule has 1 aliphatic rings. The molecule has 30 heavy (non-hydrogen) atoms. The fraction of sp³-hybridized carbons (Fsp3) is 0.0909. The molecule has 2 aromatic carbocycles. The van der Waals surface area contributed by atoms with E-state index in [4.69, 9.17) is 21.1 Å². The minimum absolute atomic E-state index is 0.263. The first-order chi connectivity index (χ1) is 14.5. The summed E-state index contributed by atoms with van der Waals surface area (Å²) in [7, 11) is 0. The zero-order chi connectivity index (χ0) is 21.1. The molecule has 4 rings (SSSR count). The molecular weight excluding hydrogens is 406 g/mol. The molecule has 0 unspecified atom stereocenters. The van der Waals surface area contributed by atoms with Crippen LogP contribution in [0.3, 0.4) is 0 Å². The van der Waals surface area contributed by atoms with Gasteiger partial charge < -0.3 is 9.47 Å². The van der Waals surface area contributed by atoms with Gasteiger partial charge in [0, 0.05) is 35.5 Å². The molecule has 150 valence electrons. The van der Waals surface area contributed by atoms with Gasteiger partial charge in [-0.15, -0.1) is 5.10 Å². The van der Waals surface area contributed by atoms with E-state index < -0.39 is 12.2 Å². The number of hydrogen-bond acceptors (Lipinski definition) is 6. The number of nitrogens with zero attached hydrogens (tertiary/aromatic N) is 3. The lowest BCUT2D eigenvalue weighted by atomic mass is 10.2. The Kier molecular flexibility index (Phi) is 5.45. The van der Waals surface area contributed by atoms with E-state index in [-0.39, 0.29) is 5.91 Å². The Balaban J connectivity index is 1.50. The van der Waals surface area contributed by atoms with E-state index in [2.05, 4.69) is 10.1 Å². The van der Waals surface area contributed by atoms with Gasteiger partial charge in [0.25, 0.3) is 0 Å². The molecule has 2 heterocycles. The predicted molar refractivity (Wildman–Crippen MR) is 110 cm³/mol. The maximum absolute atomic E-state index is 12.3. The summed E-state index contributed by atoms with van der Waals surface area (Å²) in [5.41, 5.74) is 1.75. The van der Waals surface area contributed by atoms with Crippen LogP contribution in [0, 0.1) is 0 Å². The maximum Gasteiger partial charge on any atom is 0.343 e. The van der Waals surface area contributed by atoms with Gasteiger partial charge in [0.05, 0.1) is 5.56 Å². The Labute approximate surface area is 177 Å². The highest BCUT2D eigenvalue weighted by atomic mass is 35.5. The molecule has 8 heteroatoms. The second-order valence-corrected chi connectivity index (χ2v) is 6.88. The summed E-state index contributed by atoms with van der Waals surface area (Å²) >= 11 is 5.91. The molecule has 0 radical (unpaired) electrons. The van der Waals surface area contributed by atoms with Crippen LogP contribution in [-0.4, -0.2) is 27.8 Å². The molecule has 1 atom stereocenters. The van der Waals surface area contributed by atoms with Crippen LogP contribution in [0.25, 0.3) is 0 Å². The first-order valence-electron chi connectivity index (χ1n) is 9.04. The van der Waals surface area contributed by atoms with Crippen LogP contribution in [0.15, 0.2) is 78.2 Å². The van der Waals surface area contributed by atoms with Crippen LogP contribution in [-0.2, 0) is 9.53 Å². The topological polar surface area (TPSA) is 81.1 Å². The quantitative estimate of drug-likeness (QED) is 0.466. The second-order valence-electron chi connectivity index (χ2n) is 6.44. The summed E-state index contributed by atoms with van der Waals surface area (Å²) in [6.07, 6.45) is 2.52. The van der Waals surface area contributed by atoms with Crippen molar-refractivity contribution in [1.29, 1.82) is 0 Å². The molecule has 1 aromatic heterocycles. The van der Waals surface area contributed by atoms with Crippen LogP contribution in [0.4, 0.5) is 0 Å². The fourth-order valence-electron chi connectivity index (χ4n) is 2.88. The van der Waals surface area contributed by atoms with Crippen LogP contribution in [0.2, 0.25) is 5.02 Å². The van der Waals surface area contributed by atoms with Gasteiger partial charge in [-0.05, 0) is 54.6 Å². The highest BCUT2D eigenvalue weighted by molar-refractivity contribution is 6.30. The highest BCUT2D eigenvalue weighted by Gasteiger charge is 2.33. The fourth-order valence-corrected chi connectivity index (χ4v) is 3.07. The SMILES string of the molecule is CC(=O)N1N=C(c2ccncc2)O[C@H]1c1ccc(OC(=O)c2cccc(Cl)c2)cc1. The monoisotopic (exact) mass is 421 g/mol. The van der Waals surface area contributed by atoms with E-state index in [1.807, 2.05) is 0 Å². The number of aromatic nitrogens is 1. The van der Waals surface area contributed by atoms with E-state index in [0.29, 0.717) is 33.4 Å². The van der Waals surface area contributed by atoms with Gasteiger partial charge >= 0.3 is 5.97 Å². The number of halogens is 1. The summed E-state index contributed by atoms with van der Waals surface area (Å²) in [5.74, 6) is -0.100. The molecule has 0 aliphatic carbocycles. The van der Waals surface area contributed by atoms with Crippen LogP contribution < -0.4 is 4.74 Å². The zero-order valence-electron chi connectivity index (χ0n) is 15.9. The number of hydrazone groups is 1. The molecule has 0 fully saturated rings. The number of esters is 1. The highest BCUT2D eigenvalue weighted by Crippen LogP contribution is 2.31. The van der Waals surface area contributed by atoms with E-state index in [9.17, 15) is 9.59 Å². The van der Waals surface area contributed by atoms with Crippen molar-refractivity contribution in [1.82, 2.24) is 9.99 Å². The Hall–Kier alpha value is -3.71. The molecule has 1 amide bonds. The lowest BCUT2D eigenvalue weighted by Crippen LogP contribution is -2.25. The van der Waals surface area contributed by atoms with Gasteiger partial charge in [0.15, 0.2) is 0 Å². The summed E-state index contributed by atoms with van der Waals surface area (Å²) in [5, 5.41) is 6.00. The third-order valence-corrected chi connectivity index (χ3v) is 4.57. The van der Waals surface area contributed by atoms with Crippen molar-refractivity contribution in [2.75, 3.05) is 0 Å². The lowest BCUT2D eigenvalue weighted by molar-refractivity contribution is -0.135.